The summed E-state index contributed by atoms with van der Waals surface area (Å²) in [5, 5.41) is 11.0. The van der Waals surface area contributed by atoms with Crippen molar-refractivity contribution in [3.8, 4) is 11.1 Å². The van der Waals surface area contributed by atoms with E-state index in [4.69, 9.17) is 0 Å². The van der Waals surface area contributed by atoms with Crippen molar-refractivity contribution in [1.29, 1.82) is 0 Å². The van der Waals surface area contributed by atoms with E-state index in [9.17, 15) is 9.18 Å². The van der Waals surface area contributed by atoms with Gasteiger partial charge in [0, 0.05) is 11.8 Å². The summed E-state index contributed by atoms with van der Waals surface area (Å²) in [6.07, 6.45) is 4.39. The first-order chi connectivity index (χ1) is 13.5. The second kappa shape index (κ2) is 7.19. The summed E-state index contributed by atoms with van der Waals surface area (Å²) in [6.45, 7) is 3.82. The molecule has 1 unspecified atom stereocenters. The highest BCUT2D eigenvalue weighted by atomic mass is 19.1. The highest BCUT2D eigenvalue weighted by Gasteiger charge is 2.16. The predicted molar refractivity (Wildman–Crippen MR) is 103 cm³/mol. The van der Waals surface area contributed by atoms with E-state index in [1.54, 1.807) is 36.0 Å². The van der Waals surface area contributed by atoms with Crippen molar-refractivity contribution in [3.63, 3.8) is 0 Å². The topological polar surface area (TPSA) is 72.2 Å². The Labute approximate surface area is 161 Å². The minimum absolute atomic E-state index is 0.261. The largest absolute Gasteiger partial charge is 0.344 e. The van der Waals surface area contributed by atoms with Gasteiger partial charge in [-0.3, -0.25) is 14.2 Å². The van der Waals surface area contributed by atoms with Crippen LogP contribution < -0.4 is 5.32 Å². The Morgan fingerprint density at radius 3 is 2.68 bits per heavy atom. The maximum absolute atomic E-state index is 13.1. The Balaban J connectivity index is 1.67. The number of hydrogen-bond acceptors (Lipinski definition) is 4. The number of hydrogen-bond donors (Lipinski definition) is 1. The molecule has 3 aromatic heterocycles. The Kier molecular flexibility index (Phi) is 4.57. The van der Waals surface area contributed by atoms with Crippen molar-refractivity contribution in [2.75, 3.05) is 0 Å². The molecule has 1 N–H and O–H groups in total. The molecular weight excluding hydrogens is 357 g/mol. The van der Waals surface area contributed by atoms with Crippen LogP contribution in [0.5, 0.6) is 0 Å². The van der Waals surface area contributed by atoms with Gasteiger partial charge < -0.3 is 5.32 Å². The molecule has 0 radical (unpaired) electrons. The zero-order chi connectivity index (χ0) is 19.7. The van der Waals surface area contributed by atoms with E-state index in [0.29, 0.717) is 16.9 Å². The molecule has 0 aliphatic carbocycles. The molecule has 0 fully saturated rings. The van der Waals surface area contributed by atoms with Gasteiger partial charge in [-0.05, 0) is 37.6 Å². The van der Waals surface area contributed by atoms with Crippen molar-refractivity contribution in [2.24, 2.45) is 0 Å². The zero-order valence-corrected chi connectivity index (χ0v) is 15.4. The van der Waals surface area contributed by atoms with Gasteiger partial charge in [-0.25, -0.2) is 4.39 Å². The number of rotatable bonds is 4. The fourth-order valence-corrected chi connectivity index (χ4v) is 3.00. The van der Waals surface area contributed by atoms with Crippen LogP contribution in [0.3, 0.4) is 0 Å². The number of fused-ring (bicyclic) bond motifs is 1. The predicted octanol–water partition coefficient (Wildman–Crippen LogP) is 3.73. The molecule has 4 rings (SSSR count). The maximum Gasteiger partial charge on any atom is 0.253 e. The van der Waals surface area contributed by atoms with Crippen LogP contribution in [0.4, 0.5) is 4.39 Å². The quantitative estimate of drug-likeness (QED) is 0.590. The Morgan fingerprint density at radius 1 is 1.18 bits per heavy atom. The molecule has 0 aliphatic rings. The van der Waals surface area contributed by atoms with Gasteiger partial charge in [0.25, 0.3) is 5.91 Å². The van der Waals surface area contributed by atoms with Crippen LogP contribution in [0, 0.1) is 12.7 Å². The van der Waals surface area contributed by atoms with Gasteiger partial charge in [-0.15, -0.1) is 10.2 Å². The van der Waals surface area contributed by atoms with Gasteiger partial charge in [-0.2, -0.15) is 0 Å². The normalized spacial score (nSPS) is 12.1. The average Bonchev–Trinajstić information content (AvgIpc) is 3.17. The number of carbonyl (C=O) groups excluding carboxylic acids is 1. The first-order valence-electron chi connectivity index (χ1n) is 8.84. The van der Waals surface area contributed by atoms with E-state index >= 15 is 0 Å². The number of nitrogens with zero attached hydrogens (tertiary/aromatic N) is 4. The number of benzene rings is 1. The first kappa shape index (κ1) is 17.8. The monoisotopic (exact) mass is 375 g/mol. The van der Waals surface area contributed by atoms with Gasteiger partial charge in [0.05, 0.1) is 23.5 Å². The standard InChI is InChI=1S/C21H18FN5O/c1-13-3-5-15(6-4-13)18-9-16(11-27-12-24-26-20(18)27)21(28)25-14(2)19-8-7-17(22)10-23-19/h3-12,14H,1-2H3,(H,25,28). The molecule has 1 atom stereocenters. The molecule has 0 saturated heterocycles. The van der Waals surface area contributed by atoms with Gasteiger partial charge in [0.15, 0.2) is 5.65 Å². The van der Waals surface area contributed by atoms with Crippen LogP contribution in [0.2, 0.25) is 0 Å². The lowest BCUT2D eigenvalue weighted by atomic mass is 10.0. The SMILES string of the molecule is Cc1ccc(-c2cc(C(=O)NC(C)c3ccc(F)cn3)cn3cnnc23)cc1. The Hall–Kier alpha value is -3.61. The van der Waals surface area contributed by atoms with E-state index in [-0.39, 0.29) is 11.9 Å². The van der Waals surface area contributed by atoms with E-state index in [2.05, 4.69) is 20.5 Å². The number of halogens is 1. The molecule has 6 nitrogen and oxygen atoms in total. The lowest BCUT2D eigenvalue weighted by Crippen LogP contribution is -2.27. The lowest BCUT2D eigenvalue weighted by molar-refractivity contribution is 0.0938. The lowest BCUT2D eigenvalue weighted by Gasteiger charge is -2.14. The molecule has 0 saturated carbocycles. The summed E-state index contributed by atoms with van der Waals surface area (Å²) in [4.78, 5) is 16.9. The third-order valence-electron chi connectivity index (χ3n) is 4.56. The molecule has 0 spiro atoms. The average molecular weight is 375 g/mol. The van der Waals surface area contributed by atoms with E-state index < -0.39 is 5.82 Å². The highest BCUT2D eigenvalue weighted by Crippen LogP contribution is 2.25. The molecule has 1 aromatic carbocycles. The second-order valence-electron chi connectivity index (χ2n) is 6.67. The number of amides is 1. The van der Waals surface area contributed by atoms with Gasteiger partial charge >= 0.3 is 0 Å². The number of aryl methyl sites for hydroxylation is 1. The van der Waals surface area contributed by atoms with Crippen molar-refractivity contribution >= 4 is 11.6 Å². The van der Waals surface area contributed by atoms with Crippen LogP contribution in [0.1, 0.15) is 34.6 Å². The summed E-state index contributed by atoms with van der Waals surface area (Å²) in [5.41, 5.74) is 4.64. The Bertz CT molecular complexity index is 1140. The van der Waals surface area contributed by atoms with E-state index in [1.165, 1.54) is 6.07 Å². The van der Waals surface area contributed by atoms with Gasteiger partial charge in [-0.1, -0.05) is 29.8 Å². The summed E-state index contributed by atoms with van der Waals surface area (Å²) in [6, 6.07) is 12.3. The van der Waals surface area contributed by atoms with Crippen LogP contribution in [-0.4, -0.2) is 25.5 Å². The number of carbonyl (C=O) groups is 1. The van der Waals surface area contributed by atoms with Gasteiger partial charge in [0.1, 0.15) is 12.1 Å². The fourth-order valence-electron chi connectivity index (χ4n) is 3.00. The summed E-state index contributed by atoms with van der Waals surface area (Å²) in [5.74, 6) is -0.675. The summed E-state index contributed by atoms with van der Waals surface area (Å²) >= 11 is 0. The van der Waals surface area contributed by atoms with Crippen LogP contribution in [0.25, 0.3) is 16.8 Å². The van der Waals surface area contributed by atoms with Crippen molar-refractivity contribution in [2.45, 2.75) is 19.9 Å². The summed E-state index contributed by atoms with van der Waals surface area (Å²) < 4.78 is 14.8. The second-order valence-corrected chi connectivity index (χ2v) is 6.67. The fraction of sp³-hybridized carbons (Fsp3) is 0.143. The first-order valence-corrected chi connectivity index (χ1v) is 8.84. The number of aromatic nitrogens is 4. The van der Waals surface area contributed by atoms with Crippen LogP contribution in [-0.2, 0) is 0 Å². The number of nitrogens with one attached hydrogen (secondary N) is 1. The van der Waals surface area contributed by atoms with Crippen molar-refractivity contribution < 1.29 is 9.18 Å². The summed E-state index contributed by atoms with van der Waals surface area (Å²) in [7, 11) is 0. The molecule has 3 heterocycles. The molecule has 1 amide bonds. The molecule has 140 valence electrons. The van der Waals surface area contributed by atoms with E-state index in [1.807, 2.05) is 31.2 Å². The van der Waals surface area contributed by atoms with Crippen molar-refractivity contribution in [1.82, 2.24) is 24.9 Å². The molecule has 0 aliphatic heterocycles. The minimum atomic E-state index is -0.414. The molecule has 28 heavy (non-hydrogen) atoms. The smallest absolute Gasteiger partial charge is 0.253 e. The van der Waals surface area contributed by atoms with Crippen LogP contribution >= 0.6 is 0 Å². The zero-order valence-electron chi connectivity index (χ0n) is 15.4. The minimum Gasteiger partial charge on any atom is -0.344 e. The Morgan fingerprint density at radius 2 is 1.96 bits per heavy atom. The third kappa shape index (κ3) is 3.46. The maximum atomic E-state index is 13.1. The molecule has 4 aromatic rings. The third-order valence-corrected chi connectivity index (χ3v) is 4.56. The molecular formula is C21H18FN5O. The number of pyridine rings is 2. The van der Waals surface area contributed by atoms with Gasteiger partial charge in [0.2, 0.25) is 0 Å². The van der Waals surface area contributed by atoms with Crippen LogP contribution in [0.15, 0.2) is 61.2 Å². The van der Waals surface area contributed by atoms with E-state index in [0.717, 1.165) is 22.9 Å². The molecule has 7 heteroatoms. The molecule has 0 bridgehead atoms. The van der Waals surface area contributed by atoms with Crippen molar-refractivity contribution in [3.05, 3.63) is 83.8 Å². The highest BCUT2D eigenvalue weighted by molar-refractivity contribution is 5.96.